The van der Waals surface area contributed by atoms with E-state index in [0.717, 1.165) is 0 Å². The van der Waals surface area contributed by atoms with Gasteiger partial charge in [0.2, 0.25) is 5.91 Å². The van der Waals surface area contributed by atoms with E-state index in [-0.39, 0.29) is 17.7 Å². The molecule has 0 saturated heterocycles. The fraction of sp³-hybridized carbons (Fsp3) is 0.583. The Balaban J connectivity index is 2.35. The molecular formula is C12H18F2N2O2S. The third-order valence-corrected chi connectivity index (χ3v) is 3.10. The standard InChI is InChI=1S/C12H18F2N2O2S/c1-3-15-11(17)8(2)16-6-9-4-5-10(18-9)7-19-12(13)14/h4-5,8,12,16H,3,6-7H2,1-2H3,(H,15,17). The van der Waals surface area contributed by atoms with Gasteiger partial charge in [0.1, 0.15) is 11.5 Å². The number of furan rings is 1. The van der Waals surface area contributed by atoms with Crippen LogP contribution in [0.5, 0.6) is 0 Å². The van der Waals surface area contributed by atoms with Crippen LogP contribution in [0.25, 0.3) is 0 Å². The maximum atomic E-state index is 12.0. The molecule has 1 rings (SSSR count). The molecule has 0 aliphatic heterocycles. The van der Waals surface area contributed by atoms with Gasteiger partial charge in [-0.05, 0) is 26.0 Å². The molecule has 0 radical (unpaired) electrons. The lowest BCUT2D eigenvalue weighted by atomic mass is 10.3. The molecule has 1 unspecified atom stereocenters. The zero-order valence-electron chi connectivity index (χ0n) is 10.9. The van der Waals surface area contributed by atoms with Gasteiger partial charge in [-0.2, -0.15) is 8.78 Å². The number of hydrogen-bond donors (Lipinski definition) is 2. The Hall–Kier alpha value is -1.08. The lowest BCUT2D eigenvalue weighted by Crippen LogP contribution is -2.41. The maximum Gasteiger partial charge on any atom is 0.284 e. The van der Waals surface area contributed by atoms with Gasteiger partial charge in [-0.1, -0.05) is 11.8 Å². The first kappa shape index (κ1) is 16.0. The average Bonchev–Trinajstić information content (AvgIpc) is 2.81. The molecule has 108 valence electrons. The molecule has 0 spiro atoms. The Morgan fingerprint density at radius 2 is 2.11 bits per heavy atom. The van der Waals surface area contributed by atoms with E-state index in [1.807, 2.05) is 6.92 Å². The SMILES string of the molecule is CCNC(=O)C(C)NCc1ccc(CSC(F)F)o1. The lowest BCUT2D eigenvalue weighted by molar-refractivity contribution is -0.122. The number of rotatable bonds is 8. The van der Waals surface area contributed by atoms with Crippen molar-refractivity contribution in [3.63, 3.8) is 0 Å². The molecule has 4 nitrogen and oxygen atoms in total. The molecule has 1 aromatic heterocycles. The highest BCUT2D eigenvalue weighted by molar-refractivity contribution is 7.98. The van der Waals surface area contributed by atoms with Crippen molar-refractivity contribution in [2.45, 2.75) is 37.9 Å². The van der Waals surface area contributed by atoms with E-state index in [1.54, 1.807) is 19.1 Å². The number of carbonyl (C=O) groups is 1. The quantitative estimate of drug-likeness (QED) is 0.772. The van der Waals surface area contributed by atoms with E-state index in [1.165, 1.54) is 0 Å². The minimum atomic E-state index is -2.40. The van der Waals surface area contributed by atoms with E-state index >= 15 is 0 Å². The second-order valence-corrected chi connectivity index (χ2v) is 4.92. The number of halogens is 2. The molecule has 0 bridgehead atoms. The molecule has 0 fully saturated rings. The van der Waals surface area contributed by atoms with E-state index in [2.05, 4.69) is 10.6 Å². The van der Waals surface area contributed by atoms with Crippen molar-refractivity contribution in [1.82, 2.24) is 10.6 Å². The minimum absolute atomic E-state index is 0.0810. The zero-order valence-corrected chi connectivity index (χ0v) is 11.7. The molecule has 0 aromatic carbocycles. The molecule has 0 aliphatic carbocycles. The molecule has 1 amide bonds. The van der Waals surface area contributed by atoms with E-state index < -0.39 is 5.76 Å². The first-order valence-electron chi connectivity index (χ1n) is 6.01. The van der Waals surface area contributed by atoms with Gasteiger partial charge in [0.15, 0.2) is 0 Å². The van der Waals surface area contributed by atoms with Gasteiger partial charge in [0, 0.05) is 6.54 Å². The fourth-order valence-electron chi connectivity index (χ4n) is 1.41. The van der Waals surface area contributed by atoms with Gasteiger partial charge < -0.3 is 9.73 Å². The molecule has 2 N–H and O–H groups in total. The normalized spacial score (nSPS) is 12.7. The molecule has 1 aromatic rings. The number of alkyl halides is 2. The van der Waals surface area contributed by atoms with Crippen LogP contribution < -0.4 is 10.6 Å². The van der Waals surface area contributed by atoms with E-state index in [4.69, 9.17) is 4.42 Å². The minimum Gasteiger partial charge on any atom is -0.464 e. The van der Waals surface area contributed by atoms with Gasteiger partial charge in [-0.3, -0.25) is 10.1 Å². The van der Waals surface area contributed by atoms with Crippen molar-refractivity contribution in [1.29, 1.82) is 0 Å². The zero-order chi connectivity index (χ0) is 14.3. The number of nitrogens with one attached hydrogen (secondary N) is 2. The number of carbonyl (C=O) groups excluding carboxylic acids is 1. The molecule has 1 heterocycles. The summed E-state index contributed by atoms with van der Waals surface area (Å²) in [5, 5.41) is 5.70. The van der Waals surface area contributed by atoms with Crippen molar-refractivity contribution < 1.29 is 18.0 Å². The van der Waals surface area contributed by atoms with Crippen LogP contribution in [0.1, 0.15) is 25.4 Å². The average molecular weight is 292 g/mol. The predicted octanol–water partition coefficient (Wildman–Crippen LogP) is 2.35. The highest BCUT2D eigenvalue weighted by Gasteiger charge is 2.12. The topological polar surface area (TPSA) is 54.3 Å². The Bertz CT molecular complexity index is 399. The molecular weight excluding hydrogens is 274 g/mol. The van der Waals surface area contributed by atoms with Gasteiger partial charge >= 0.3 is 0 Å². The van der Waals surface area contributed by atoms with E-state index in [9.17, 15) is 13.6 Å². The smallest absolute Gasteiger partial charge is 0.284 e. The summed E-state index contributed by atoms with van der Waals surface area (Å²) in [4.78, 5) is 11.5. The summed E-state index contributed by atoms with van der Waals surface area (Å²) in [7, 11) is 0. The molecule has 0 aliphatic rings. The van der Waals surface area contributed by atoms with Crippen molar-refractivity contribution in [2.24, 2.45) is 0 Å². The van der Waals surface area contributed by atoms with Crippen LogP contribution in [0.4, 0.5) is 8.78 Å². The number of likely N-dealkylation sites (N-methyl/N-ethyl adjacent to an activating group) is 1. The predicted molar refractivity (Wildman–Crippen MR) is 71.0 cm³/mol. The van der Waals surface area contributed by atoms with Gasteiger partial charge in [-0.15, -0.1) is 0 Å². The summed E-state index contributed by atoms with van der Waals surface area (Å²) in [5.41, 5.74) is 0. The van der Waals surface area contributed by atoms with Gasteiger partial charge in [-0.25, -0.2) is 0 Å². The van der Waals surface area contributed by atoms with Gasteiger partial charge in [0.05, 0.1) is 18.3 Å². The Morgan fingerprint density at radius 1 is 1.42 bits per heavy atom. The summed E-state index contributed by atoms with van der Waals surface area (Å²) >= 11 is 0.522. The van der Waals surface area contributed by atoms with Crippen LogP contribution in [0.2, 0.25) is 0 Å². The van der Waals surface area contributed by atoms with Crippen LogP contribution in [-0.4, -0.2) is 24.3 Å². The van der Waals surface area contributed by atoms with Crippen molar-refractivity contribution in [3.05, 3.63) is 23.7 Å². The number of amides is 1. The van der Waals surface area contributed by atoms with Crippen molar-refractivity contribution in [2.75, 3.05) is 6.54 Å². The second-order valence-electron chi connectivity index (χ2n) is 3.94. The summed E-state index contributed by atoms with van der Waals surface area (Å²) in [5.74, 6) is -1.20. The van der Waals surface area contributed by atoms with Crippen LogP contribution in [0, 0.1) is 0 Å². The van der Waals surface area contributed by atoms with Crippen LogP contribution in [0.3, 0.4) is 0 Å². The van der Waals surface area contributed by atoms with Crippen LogP contribution in [-0.2, 0) is 17.1 Å². The van der Waals surface area contributed by atoms with Crippen molar-refractivity contribution >= 4 is 17.7 Å². The third-order valence-electron chi connectivity index (χ3n) is 2.40. The fourth-order valence-corrected chi connectivity index (χ4v) is 1.86. The summed E-state index contributed by atoms with van der Waals surface area (Å²) in [6, 6.07) is 3.06. The summed E-state index contributed by atoms with van der Waals surface area (Å²) < 4.78 is 29.4. The van der Waals surface area contributed by atoms with Gasteiger partial charge in [0.25, 0.3) is 5.76 Å². The first-order chi connectivity index (χ1) is 9.02. The number of hydrogen-bond acceptors (Lipinski definition) is 4. The largest absolute Gasteiger partial charge is 0.464 e. The highest BCUT2D eigenvalue weighted by atomic mass is 32.2. The third kappa shape index (κ3) is 6.07. The van der Waals surface area contributed by atoms with E-state index in [0.29, 0.717) is 36.4 Å². The Morgan fingerprint density at radius 3 is 2.74 bits per heavy atom. The maximum absolute atomic E-state index is 12.0. The number of thioether (sulfide) groups is 1. The Labute approximate surface area is 115 Å². The monoisotopic (exact) mass is 292 g/mol. The van der Waals surface area contributed by atoms with Crippen molar-refractivity contribution in [3.8, 4) is 0 Å². The highest BCUT2D eigenvalue weighted by Crippen LogP contribution is 2.21. The first-order valence-corrected chi connectivity index (χ1v) is 7.06. The van der Waals surface area contributed by atoms with Crippen LogP contribution >= 0.6 is 11.8 Å². The Kier molecular flexibility index (Phi) is 6.86. The molecule has 1 atom stereocenters. The summed E-state index contributed by atoms with van der Waals surface area (Å²) in [6.07, 6.45) is 0. The molecule has 0 saturated carbocycles. The molecule has 19 heavy (non-hydrogen) atoms. The summed E-state index contributed by atoms with van der Waals surface area (Å²) in [6.45, 7) is 4.57. The lowest BCUT2D eigenvalue weighted by Gasteiger charge is -2.11. The second kappa shape index (κ2) is 8.16. The molecule has 7 heteroatoms. The van der Waals surface area contributed by atoms with Crippen LogP contribution in [0.15, 0.2) is 16.5 Å².